The fourth-order valence-corrected chi connectivity index (χ4v) is 3.26. The van der Waals surface area contributed by atoms with E-state index in [1.165, 1.54) is 17.7 Å². The standard InChI is InChI=1S/C21H22FN3O2/c1-21(2)15-8-4-6-10-17(15)25(3)19(21)12-13-23-24-20(26)14-27-18-11-7-5-9-16(18)22/h4-13H,14H2,1-3H3,(H,24,26)/b19-12-,23-13+. The molecule has 6 heteroatoms. The number of anilines is 1. The monoisotopic (exact) mass is 367 g/mol. The zero-order valence-corrected chi connectivity index (χ0v) is 15.6. The van der Waals surface area contributed by atoms with E-state index in [0.717, 1.165) is 11.4 Å². The Morgan fingerprint density at radius 2 is 1.93 bits per heavy atom. The Morgan fingerprint density at radius 1 is 1.22 bits per heavy atom. The number of benzene rings is 2. The molecule has 0 saturated heterocycles. The third-order valence-corrected chi connectivity index (χ3v) is 4.63. The van der Waals surface area contributed by atoms with E-state index in [1.807, 2.05) is 25.3 Å². The highest BCUT2D eigenvalue weighted by molar-refractivity contribution is 5.82. The fraction of sp³-hybridized carbons (Fsp3) is 0.238. The molecule has 5 nitrogen and oxygen atoms in total. The molecule has 0 aromatic heterocycles. The molecule has 1 N–H and O–H groups in total. The summed E-state index contributed by atoms with van der Waals surface area (Å²) in [5, 5.41) is 3.93. The molecular weight excluding hydrogens is 345 g/mol. The summed E-state index contributed by atoms with van der Waals surface area (Å²) >= 11 is 0. The highest BCUT2D eigenvalue weighted by Gasteiger charge is 2.37. The van der Waals surface area contributed by atoms with Crippen LogP contribution < -0.4 is 15.1 Å². The number of hydrogen-bond donors (Lipinski definition) is 1. The Hall–Kier alpha value is -3.15. The topological polar surface area (TPSA) is 53.9 Å². The van der Waals surface area contributed by atoms with E-state index >= 15 is 0 Å². The number of hydrogen-bond acceptors (Lipinski definition) is 4. The number of hydrazone groups is 1. The lowest BCUT2D eigenvalue weighted by molar-refractivity contribution is -0.123. The van der Waals surface area contributed by atoms with E-state index in [9.17, 15) is 9.18 Å². The van der Waals surface area contributed by atoms with Crippen LogP contribution in [-0.2, 0) is 10.2 Å². The number of likely N-dealkylation sites (N-methyl/N-ethyl adjacent to an activating group) is 1. The first kappa shape index (κ1) is 18.6. The summed E-state index contributed by atoms with van der Waals surface area (Å²) in [5.41, 5.74) is 5.70. The number of fused-ring (bicyclic) bond motifs is 1. The normalized spacial score (nSPS) is 16.6. The minimum absolute atomic E-state index is 0.0332. The van der Waals surface area contributed by atoms with Gasteiger partial charge in [-0.1, -0.05) is 44.2 Å². The van der Waals surface area contributed by atoms with E-state index in [4.69, 9.17) is 4.74 Å². The molecule has 0 bridgehead atoms. The number of carbonyl (C=O) groups is 1. The Bertz CT molecular complexity index is 906. The summed E-state index contributed by atoms with van der Waals surface area (Å²) in [7, 11) is 2.01. The van der Waals surface area contributed by atoms with Gasteiger partial charge in [0.05, 0.1) is 0 Å². The molecule has 2 aromatic carbocycles. The lowest BCUT2D eigenvalue weighted by Crippen LogP contribution is -2.25. The first-order valence-electron chi connectivity index (χ1n) is 8.64. The van der Waals surface area contributed by atoms with Crippen LogP contribution in [0, 0.1) is 5.82 Å². The summed E-state index contributed by atoms with van der Waals surface area (Å²) < 4.78 is 18.6. The molecule has 0 fully saturated rings. The van der Waals surface area contributed by atoms with Gasteiger partial charge in [-0.15, -0.1) is 0 Å². The van der Waals surface area contributed by atoms with Gasteiger partial charge in [-0.05, 0) is 29.8 Å². The van der Waals surface area contributed by atoms with Crippen molar-refractivity contribution < 1.29 is 13.9 Å². The van der Waals surface area contributed by atoms with Crippen LogP contribution in [0.4, 0.5) is 10.1 Å². The maximum absolute atomic E-state index is 13.4. The van der Waals surface area contributed by atoms with Crippen LogP contribution in [0.3, 0.4) is 0 Å². The SMILES string of the molecule is CN1/C(=C\C=N\NC(=O)COc2ccccc2F)C(C)(C)c2ccccc21. The quantitative estimate of drug-likeness (QED) is 0.649. The van der Waals surface area contributed by atoms with Crippen LogP contribution in [0.25, 0.3) is 0 Å². The number of nitrogens with zero attached hydrogens (tertiary/aromatic N) is 2. The van der Waals surface area contributed by atoms with Gasteiger partial charge in [0, 0.05) is 30.1 Å². The molecule has 0 atom stereocenters. The molecule has 1 aliphatic heterocycles. The summed E-state index contributed by atoms with van der Waals surface area (Å²) in [6, 6.07) is 14.2. The number of nitrogens with one attached hydrogen (secondary N) is 1. The van der Waals surface area contributed by atoms with Gasteiger partial charge in [0.1, 0.15) is 0 Å². The second kappa shape index (κ2) is 7.61. The fourth-order valence-electron chi connectivity index (χ4n) is 3.26. The summed E-state index contributed by atoms with van der Waals surface area (Å²) in [6.45, 7) is 3.98. The van der Waals surface area contributed by atoms with Gasteiger partial charge in [0.25, 0.3) is 5.91 Å². The largest absolute Gasteiger partial charge is 0.481 e. The third kappa shape index (κ3) is 3.84. The van der Waals surface area contributed by atoms with E-state index in [1.54, 1.807) is 18.3 Å². The number of carbonyl (C=O) groups excluding carboxylic acids is 1. The van der Waals surface area contributed by atoms with Gasteiger partial charge >= 0.3 is 0 Å². The van der Waals surface area contributed by atoms with Crippen LogP contribution in [0.2, 0.25) is 0 Å². The minimum Gasteiger partial charge on any atom is -0.481 e. The van der Waals surface area contributed by atoms with Gasteiger partial charge in [0.15, 0.2) is 18.2 Å². The van der Waals surface area contributed by atoms with Gasteiger partial charge < -0.3 is 9.64 Å². The van der Waals surface area contributed by atoms with Crippen molar-refractivity contribution in [2.75, 3.05) is 18.6 Å². The molecule has 140 valence electrons. The number of halogens is 1. The lowest BCUT2D eigenvalue weighted by Gasteiger charge is -2.23. The van der Waals surface area contributed by atoms with Gasteiger partial charge in [-0.25, -0.2) is 9.82 Å². The molecule has 1 amide bonds. The van der Waals surface area contributed by atoms with Crippen molar-refractivity contribution in [3.05, 3.63) is 71.7 Å². The van der Waals surface area contributed by atoms with Crippen molar-refractivity contribution >= 4 is 17.8 Å². The van der Waals surface area contributed by atoms with Crippen LogP contribution in [0.15, 0.2) is 65.4 Å². The third-order valence-electron chi connectivity index (χ3n) is 4.63. The van der Waals surface area contributed by atoms with Crippen molar-refractivity contribution in [3.63, 3.8) is 0 Å². The molecule has 27 heavy (non-hydrogen) atoms. The summed E-state index contributed by atoms with van der Waals surface area (Å²) in [6.07, 6.45) is 3.42. The smallest absolute Gasteiger partial charge is 0.277 e. The molecule has 1 aliphatic rings. The van der Waals surface area contributed by atoms with Gasteiger partial charge in [-0.2, -0.15) is 5.10 Å². The molecule has 1 heterocycles. The average Bonchev–Trinajstić information content (AvgIpc) is 2.85. The molecule has 0 saturated carbocycles. The zero-order chi connectivity index (χ0) is 19.4. The Balaban J connectivity index is 1.59. The second-order valence-electron chi connectivity index (χ2n) is 6.79. The lowest BCUT2D eigenvalue weighted by atomic mass is 9.84. The highest BCUT2D eigenvalue weighted by atomic mass is 19.1. The number of amides is 1. The molecule has 3 rings (SSSR count). The molecular formula is C21H22FN3O2. The van der Waals surface area contributed by atoms with Crippen molar-refractivity contribution in [1.82, 2.24) is 5.43 Å². The number of ether oxygens (including phenoxy) is 1. The van der Waals surface area contributed by atoms with Crippen LogP contribution >= 0.6 is 0 Å². The molecule has 0 aliphatic carbocycles. The van der Waals surface area contributed by atoms with E-state index in [2.05, 4.69) is 41.4 Å². The molecule has 0 spiro atoms. The first-order chi connectivity index (χ1) is 12.9. The minimum atomic E-state index is -0.510. The number of allylic oxidation sites excluding steroid dienone is 2. The van der Waals surface area contributed by atoms with Crippen molar-refractivity contribution in [1.29, 1.82) is 0 Å². The first-order valence-corrected chi connectivity index (χ1v) is 8.64. The number of rotatable bonds is 5. The second-order valence-corrected chi connectivity index (χ2v) is 6.79. The Kier molecular flexibility index (Phi) is 5.26. The zero-order valence-electron chi connectivity index (χ0n) is 15.6. The van der Waals surface area contributed by atoms with Crippen LogP contribution in [-0.4, -0.2) is 25.8 Å². The molecule has 0 unspecified atom stereocenters. The summed E-state index contributed by atoms with van der Waals surface area (Å²) in [4.78, 5) is 13.9. The van der Waals surface area contributed by atoms with E-state index in [0.29, 0.717) is 0 Å². The van der Waals surface area contributed by atoms with Crippen molar-refractivity contribution in [2.24, 2.45) is 5.10 Å². The predicted molar refractivity (Wildman–Crippen MR) is 104 cm³/mol. The van der Waals surface area contributed by atoms with Gasteiger partial charge in [-0.3, -0.25) is 4.79 Å². The maximum Gasteiger partial charge on any atom is 0.277 e. The maximum atomic E-state index is 13.4. The number of para-hydroxylation sites is 2. The molecule has 0 radical (unpaired) electrons. The van der Waals surface area contributed by atoms with Crippen molar-refractivity contribution in [3.8, 4) is 5.75 Å². The highest BCUT2D eigenvalue weighted by Crippen LogP contribution is 2.46. The Labute approximate surface area is 158 Å². The van der Waals surface area contributed by atoms with Crippen molar-refractivity contribution in [2.45, 2.75) is 19.3 Å². The Morgan fingerprint density at radius 3 is 2.67 bits per heavy atom. The van der Waals surface area contributed by atoms with Crippen LogP contribution in [0.1, 0.15) is 19.4 Å². The van der Waals surface area contributed by atoms with E-state index in [-0.39, 0.29) is 17.8 Å². The molecule has 2 aromatic rings. The van der Waals surface area contributed by atoms with Gasteiger partial charge in [0.2, 0.25) is 0 Å². The average molecular weight is 367 g/mol. The predicted octanol–water partition coefficient (Wildman–Crippen LogP) is 3.62. The van der Waals surface area contributed by atoms with Crippen LogP contribution in [0.5, 0.6) is 5.75 Å². The van der Waals surface area contributed by atoms with E-state index < -0.39 is 11.7 Å². The summed E-state index contributed by atoms with van der Waals surface area (Å²) in [5.74, 6) is -0.939.